The van der Waals surface area contributed by atoms with Crippen molar-refractivity contribution in [2.45, 2.75) is 44.4 Å². The van der Waals surface area contributed by atoms with Gasteiger partial charge in [-0.1, -0.05) is 0 Å². The molecule has 1 saturated heterocycles. The number of nitrogens with zero attached hydrogens (tertiary/aromatic N) is 6. The number of halogens is 2. The molecule has 0 spiro atoms. The van der Waals surface area contributed by atoms with Crippen molar-refractivity contribution in [3.05, 3.63) is 24.3 Å². The molecule has 3 N–H and O–H groups in total. The number of nitriles is 1. The standard InChI is InChI=1S/C25H30F2N8O3/c26-25(27)9-17(10-25)11-31-21(36)20-32-22(34-23(33-20)38-15-24(14-28)4-5-24)35-7-2-16(3-8-35)13-37-19-12-30-6-1-18(19)29/h1,6,12,16-17H,2-5,7-11,13,15H2,(H2,29,30)(H,31,36). The molecule has 3 fully saturated rings. The number of piperidine rings is 1. The lowest BCUT2D eigenvalue weighted by molar-refractivity contribution is -0.108. The van der Waals surface area contributed by atoms with Gasteiger partial charge in [-0.2, -0.15) is 20.2 Å². The minimum absolute atomic E-state index is 0.0330. The first-order valence-corrected chi connectivity index (χ1v) is 12.8. The number of nitrogen functional groups attached to an aromatic ring is 1. The first kappa shape index (κ1) is 25.8. The predicted octanol–water partition coefficient (Wildman–Crippen LogP) is 2.60. The SMILES string of the molecule is N#CC1(COc2nc(C(=O)NCC3CC(F)(F)C3)nc(N3CCC(COc4cnccc4N)CC3)n2)CC1. The molecule has 3 heterocycles. The molecule has 2 aromatic rings. The Balaban J connectivity index is 1.22. The molecule has 5 rings (SSSR count). The number of pyridine rings is 1. The van der Waals surface area contributed by atoms with Crippen molar-refractivity contribution >= 4 is 17.5 Å². The monoisotopic (exact) mass is 528 g/mol. The number of anilines is 2. The Labute approximate surface area is 218 Å². The largest absolute Gasteiger partial charge is 0.490 e. The lowest BCUT2D eigenvalue weighted by atomic mass is 9.81. The van der Waals surface area contributed by atoms with E-state index in [0.717, 1.165) is 25.7 Å². The van der Waals surface area contributed by atoms with Gasteiger partial charge in [-0.15, -0.1) is 0 Å². The van der Waals surface area contributed by atoms with Gasteiger partial charge in [0.15, 0.2) is 5.75 Å². The number of amides is 1. The Morgan fingerprint density at radius 2 is 1.95 bits per heavy atom. The number of aromatic nitrogens is 4. The lowest BCUT2D eigenvalue weighted by Crippen LogP contribution is -2.43. The van der Waals surface area contributed by atoms with E-state index in [1.54, 1.807) is 18.5 Å². The fraction of sp³-hybridized carbons (Fsp3) is 0.600. The molecular weight excluding hydrogens is 498 g/mol. The van der Waals surface area contributed by atoms with Gasteiger partial charge in [-0.05, 0) is 43.6 Å². The van der Waals surface area contributed by atoms with Crippen LogP contribution >= 0.6 is 0 Å². The number of hydrogen-bond acceptors (Lipinski definition) is 10. The van der Waals surface area contributed by atoms with Gasteiger partial charge in [0, 0.05) is 38.7 Å². The van der Waals surface area contributed by atoms with E-state index in [2.05, 4.69) is 31.3 Å². The molecule has 13 heteroatoms. The van der Waals surface area contributed by atoms with Gasteiger partial charge in [0.05, 0.1) is 30.0 Å². The Morgan fingerprint density at radius 1 is 1.18 bits per heavy atom. The van der Waals surface area contributed by atoms with Crippen LogP contribution in [0.3, 0.4) is 0 Å². The summed E-state index contributed by atoms with van der Waals surface area (Å²) in [6, 6.07) is 3.91. The maximum absolute atomic E-state index is 13.1. The molecule has 0 unspecified atom stereocenters. The highest BCUT2D eigenvalue weighted by atomic mass is 19.3. The molecule has 3 aliphatic rings. The number of alkyl halides is 2. The van der Waals surface area contributed by atoms with E-state index in [1.807, 2.05) is 4.90 Å². The van der Waals surface area contributed by atoms with E-state index >= 15 is 0 Å². The Bertz CT molecular complexity index is 1200. The predicted molar refractivity (Wildman–Crippen MR) is 132 cm³/mol. The first-order valence-electron chi connectivity index (χ1n) is 12.8. The molecule has 202 valence electrons. The average molecular weight is 529 g/mol. The summed E-state index contributed by atoms with van der Waals surface area (Å²) in [7, 11) is 0. The zero-order valence-corrected chi connectivity index (χ0v) is 20.9. The van der Waals surface area contributed by atoms with Crippen molar-refractivity contribution in [2.75, 3.05) is 43.5 Å². The highest BCUT2D eigenvalue weighted by molar-refractivity contribution is 5.90. The molecule has 0 atom stereocenters. The summed E-state index contributed by atoms with van der Waals surface area (Å²) in [6.45, 7) is 2.00. The Hall–Kier alpha value is -3.82. The van der Waals surface area contributed by atoms with Crippen LogP contribution in [0.1, 0.15) is 49.1 Å². The van der Waals surface area contributed by atoms with Crippen molar-refractivity contribution in [1.82, 2.24) is 25.3 Å². The Kier molecular flexibility index (Phi) is 7.14. The first-order chi connectivity index (χ1) is 18.2. The van der Waals surface area contributed by atoms with Crippen LogP contribution in [0, 0.1) is 28.6 Å². The molecule has 0 aromatic carbocycles. The van der Waals surface area contributed by atoms with Crippen LogP contribution in [0.5, 0.6) is 11.8 Å². The molecule has 2 aliphatic carbocycles. The Morgan fingerprint density at radius 3 is 2.61 bits per heavy atom. The van der Waals surface area contributed by atoms with Gasteiger partial charge in [-0.3, -0.25) is 9.78 Å². The van der Waals surface area contributed by atoms with E-state index in [4.69, 9.17) is 15.2 Å². The second-order valence-corrected chi connectivity index (χ2v) is 10.4. The lowest BCUT2D eigenvalue weighted by Gasteiger charge is -2.34. The van der Waals surface area contributed by atoms with E-state index in [-0.39, 0.29) is 49.7 Å². The molecule has 38 heavy (non-hydrogen) atoms. The minimum Gasteiger partial charge on any atom is -0.490 e. The van der Waals surface area contributed by atoms with E-state index in [9.17, 15) is 18.8 Å². The molecule has 11 nitrogen and oxygen atoms in total. The average Bonchev–Trinajstić information content (AvgIpc) is 3.69. The van der Waals surface area contributed by atoms with Crippen LogP contribution < -0.4 is 25.4 Å². The van der Waals surface area contributed by atoms with Crippen molar-refractivity contribution in [2.24, 2.45) is 17.3 Å². The molecule has 1 amide bonds. The number of hydrogen-bond donors (Lipinski definition) is 2. The van der Waals surface area contributed by atoms with Gasteiger partial charge in [0.2, 0.25) is 17.7 Å². The number of rotatable bonds is 10. The quantitative estimate of drug-likeness (QED) is 0.471. The third-order valence-corrected chi connectivity index (χ3v) is 7.29. The van der Waals surface area contributed by atoms with Crippen LogP contribution in [-0.2, 0) is 0 Å². The van der Waals surface area contributed by atoms with Crippen molar-refractivity contribution in [3.63, 3.8) is 0 Å². The summed E-state index contributed by atoms with van der Waals surface area (Å²) in [5.74, 6) is -2.51. The highest BCUT2D eigenvalue weighted by Crippen LogP contribution is 2.45. The zero-order chi connectivity index (χ0) is 26.8. The van der Waals surface area contributed by atoms with Crippen LogP contribution in [-0.4, -0.2) is 64.6 Å². The minimum atomic E-state index is -2.65. The van der Waals surface area contributed by atoms with Crippen molar-refractivity contribution < 1.29 is 23.0 Å². The summed E-state index contributed by atoms with van der Waals surface area (Å²) in [6.07, 6.45) is 5.80. The van der Waals surface area contributed by atoms with Gasteiger partial charge in [-0.25, -0.2) is 8.78 Å². The second-order valence-electron chi connectivity index (χ2n) is 10.4. The maximum atomic E-state index is 13.1. The number of carbonyl (C=O) groups is 1. The summed E-state index contributed by atoms with van der Waals surface area (Å²) in [5, 5.41) is 12.0. The van der Waals surface area contributed by atoms with E-state index < -0.39 is 17.2 Å². The smallest absolute Gasteiger partial charge is 0.322 e. The fourth-order valence-corrected chi connectivity index (χ4v) is 4.56. The molecule has 2 aromatic heterocycles. The van der Waals surface area contributed by atoms with Crippen LogP contribution in [0.15, 0.2) is 18.5 Å². The number of ether oxygens (including phenoxy) is 2. The van der Waals surface area contributed by atoms with Crippen LogP contribution in [0.4, 0.5) is 20.4 Å². The summed E-state index contributed by atoms with van der Waals surface area (Å²) < 4.78 is 37.8. The second kappa shape index (κ2) is 10.5. The maximum Gasteiger partial charge on any atom is 0.322 e. The van der Waals surface area contributed by atoms with Gasteiger partial charge >= 0.3 is 6.01 Å². The normalized spacial score (nSPS) is 20.2. The zero-order valence-electron chi connectivity index (χ0n) is 20.9. The summed E-state index contributed by atoms with van der Waals surface area (Å²) in [5.41, 5.74) is 5.92. The molecule has 0 bridgehead atoms. The van der Waals surface area contributed by atoms with Crippen molar-refractivity contribution in [3.8, 4) is 17.8 Å². The number of nitrogens with one attached hydrogen (secondary N) is 1. The van der Waals surface area contributed by atoms with Crippen molar-refractivity contribution in [1.29, 1.82) is 5.26 Å². The number of nitrogens with two attached hydrogens (primary N) is 1. The van der Waals surface area contributed by atoms with Gasteiger partial charge < -0.3 is 25.4 Å². The van der Waals surface area contributed by atoms with Crippen LogP contribution in [0.2, 0.25) is 0 Å². The van der Waals surface area contributed by atoms with Gasteiger partial charge in [0.25, 0.3) is 5.91 Å². The molecular formula is C25H30F2N8O3. The topological polar surface area (TPSA) is 152 Å². The molecule has 0 radical (unpaired) electrons. The van der Waals surface area contributed by atoms with Crippen LogP contribution in [0.25, 0.3) is 0 Å². The highest BCUT2D eigenvalue weighted by Gasteiger charge is 2.45. The summed E-state index contributed by atoms with van der Waals surface area (Å²) >= 11 is 0. The third-order valence-electron chi connectivity index (χ3n) is 7.29. The third kappa shape index (κ3) is 6.17. The number of carbonyl (C=O) groups excluding carboxylic acids is 1. The van der Waals surface area contributed by atoms with Gasteiger partial charge in [0.1, 0.15) is 6.61 Å². The van der Waals surface area contributed by atoms with E-state index in [0.29, 0.717) is 37.1 Å². The van der Waals surface area contributed by atoms with E-state index in [1.165, 1.54) is 0 Å². The molecule has 1 aliphatic heterocycles. The molecule has 2 saturated carbocycles. The fourth-order valence-electron chi connectivity index (χ4n) is 4.56. The summed E-state index contributed by atoms with van der Waals surface area (Å²) in [4.78, 5) is 31.7.